The first-order valence-electron chi connectivity index (χ1n) is 10.2. The van der Waals surface area contributed by atoms with Crippen molar-refractivity contribution >= 4 is 17.2 Å². The number of nitrogens with two attached hydrogens (primary N) is 1. The van der Waals surface area contributed by atoms with E-state index < -0.39 is 0 Å². The lowest BCUT2D eigenvalue weighted by Gasteiger charge is -2.32. The minimum Gasteiger partial charge on any atom is -0.491 e. The first-order chi connectivity index (χ1) is 14.5. The molecule has 0 aliphatic carbocycles. The maximum Gasteiger partial charge on any atom is 0.137 e. The number of nitrogens with zero attached hydrogens (tertiary/aromatic N) is 5. The zero-order valence-electron chi connectivity index (χ0n) is 17.3. The first-order valence-corrected chi connectivity index (χ1v) is 10.2. The summed E-state index contributed by atoms with van der Waals surface area (Å²) < 4.78 is 7.71. The highest BCUT2D eigenvalue weighted by Crippen LogP contribution is 2.27. The molecule has 0 saturated carbocycles. The molecule has 1 saturated heterocycles. The fourth-order valence-corrected chi connectivity index (χ4v) is 3.77. The Bertz CT molecular complexity index is 1010. The van der Waals surface area contributed by atoms with Crippen LogP contribution in [-0.4, -0.2) is 44.7 Å². The summed E-state index contributed by atoms with van der Waals surface area (Å²) in [5, 5.41) is 13.0. The SMILES string of the molecule is CC(C)Oc1ccc(N)c(C(=N)c2ccnc(N3CCC(n4cncn4)CC3)c2)c1. The molecule has 3 aromatic rings. The monoisotopic (exact) mass is 405 g/mol. The van der Waals surface area contributed by atoms with Gasteiger partial charge in [-0.2, -0.15) is 5.10 Å². The van der Waals surface area contributed by atoms with Crippen molar-refractivity contribution in [2.24, 2.45) is 0 Å². The summed E-state index contributed by atoms with van der Waals surface area (Å²) in [6.45, 7) is 5.72. The van der Waals surface area contributed by atoms with Gasteiger partial charge in [-0.05, 0) is 57.0 Å². The first kappa shape index (κ1) is 19.9. The fourth-order valence-electron chi connectivity index (χ4n) is 3.77. The van der Waals surface area contributed by atoms with Gasteiger partial charge in [0.05, 0.1) is 17.9 Å². The van der Waals surface area contributed by atoms with E-state index >= 15 is 0 Å². The maximum absolute atomic E-state index is 8.73. The normalized spacial score (nSPS) is 14.8. The van der Waals surface area contributed by atoms with Crippen molar-refractivity contribution in [1.29, 1.82) is 5.41 Å². The van der Waals surface area contributed by atoms with Gasteiger partial charge in [0.1, 0.15) is 24.2 Å². The predicted octanol–water partition coefficient (Wildman–Crippen LogP) is 3.30. The van der Waals surface area contributed by atoms with E-state index in [1.54, 1.807) is 24.9 Å². The third-order valence-corrected chi connectivity index (χ3v) is 5.30. The van der Waals surface area contributed by atoms with E-state index in [0.717, 1.165) is 37.3 Å². The maximum atomic E-state index is 8.73. The molecular weight excluding hydrogens is 378 g/mol. The number of pyridine rings is 1. The van der Waals surface area contributed by atoms with Gasteiger partial charge in [0.15, 0.2) is 0 Å². The number of benzene rings is 1. The second-order valence-electron chi connectivity index (χ2n) is 7.79. The van der Waals surface area contributed by atoms with Crippen LogP contribution in [-0.2, 0) is 0 Å². The molecule has 1 aliphatic heterocycles. The number of nitrogen functional groups attached to an aromatic ring is 1. The number of rotatable bonds is 6. The molecule has 1 fully saturated rings. The Hall–Kier alpha value is -3.42. The van der Waals surface area contributed by atoms with E-state index in [4.69, 9.17) is 15.9 Å². The molecule has 0 spiro atoms. The summed E-state index contributed by atoms with van der Waals surface area (Å²) in [5.74, 6) is 1.59. The van der Waals surface area contributed by atoms with Crippen LogP contribution in [0.2, 0.25) is 0 Å². The van der Waals surface area contributed by atoms with Gasteiger partial charge in [-0.3, -0.25) is 5.41 Å². The Morgan fingerprint density at radius 3 is 2.70 bits per heavy atom. The number of nitrogens with one attached hydrogen (secondary N) is 1. The Balaban J connectivity index is 1.50. The van der Waals surface area contributed by atoms with Gasteiger partial charge in [0.2, 0.25) is 0 Å². The highest BCUT2D eigenvalue weighted by molar-refractivity contribution is 6.14. The van der Waals surface area contributed by atoms with Gasteiger partial charge in [-0.15, -0.1) is 0 Å². The van der Waals surface area contributed by atoms with Crippen LogP contribution in [0.25, 0.3) is 0 Å². The Labute approximate surface area is 176 Å². The van der Waals surface area contributed by atoms with Gasteiger partial charge in [-0.25, -0.2) is 14.6 Å². The molecule has 156 valence electrons. The fraction of sp³-hybridized carbons (Fsp3) is 0.364. The van der Waals surface area contributed by atoms with Crippen molar-refractivity contribution in [2.45, 2.75) is 38.8 Å². The zero-order valence-corrected chi connectivity index (χ0v) is 17.3. The van der Waals surface area contributed by atoms with Crippen LogP contribution in [0.1, 0.15) is 43.9 Å². The third kappa shape index (κ3) is 4.27. The minimum atomic E-state index is 0.0589. The van der Waals surface area contributed by atoms with E-state index in [1.807, 2.05) is 42.8 Å². The summed E-state index contributed by atoms with van der Waals surface area (Å²) >= 11 is 0. The topological polar surface area (TPSA) is 106 Å². The van der Waals surface area contributed by atoms with Gasteiger partial charge in [0.25, 0.3) is 0 Å². The Morgan fingerprint density at radius 1 is 1.20 bits per heavy atom. The number of piperidine rings is 1. The molecule has 1 aliphatic rings. The predicted molar refractivity (Wildman–Crippen MR) is 117 cm³/mol. The minimum absolute atomic E-state index is 0.0589. The summed E-state index contributed by atoms with van der Waals surface area (Å²) in [4.78, 5) is 10.8. The average molecular weight is 406 g/mol. The molecule has 0 amide bonds. The molecule has 30 heavy (non-hydrogen) atoms. The van der Waals surface area contributed by atoms with Crippen molar-refractivity contribution in [3.63, 3.8) is 0 Å². The number of anilines is 2. The summed E-state index contributed by atoms with van der Waals surface area (Å²) in [5.41, 5.74) is 8.53. The van der Waals surface area contributed by atoms with Crippen LogP contribution < -0.4 is 15.4 Å². The van der Waals surface area contributed by atoms with E-state index in [9.17, 15) is 0 Å². The second kappa shape index (κ2) is 8.52. The molecular formula is C22H27N7O. The molecule has 2 aromatic heterocycles. The van der Waals surface area contributed by atoms with Gasteiger partial charge < -0.3 is 15.4 Å². The molecule has 1 aromatic carbocycles. The zero-order chi connectivity index (χ0) is 21.1. The molecule has 0 atom stereocenters. The standard InChI is InChI=1S/C22H27N7O/c1-15(2)30-18-3-4-20(23)19(12-18)22(24)16-5-8-26-21(11-16)28-9-6-17(7-10-28)29-14-25-13-27-29/h3-5,8,11-15,17,24H,6-7,9-10,23H2,1-2H3. The average Bonchev–Trinajstić information content (AvgIpc) is 3.29. The van der Waals surface area contributed by atoms with Crippen LogP contribution in [0.4, 0.5) is 11.5 Å². The third-order valence-electron chi connectivity index (χ3n) is 5.30. The Kier molecular flexibility index (Phi) is 5.65. The van der Waals surface area contributed by atoms with E-state index in [0.29, 0.717) is 28.8 Å². The van der Waals surface area contributed by atoms with E-state index in [1.165, 1.54) is 0 Å². The molecule has 3 N–H and O–H groups in total. The molecule has 3 heterocycles. The van der Waals surface area contributed by atoms with Gasteiger partial charge in [-0.1, -0.05) is 0 Å². The van der Waals surface area contributed by atoms with E-state index in [-0.39, 0.29) is 6.10 Å². The number of ether oxygens (including phenoxy) is 1. The summed E-state index contributed by atoms with van der Waals surface area (Å²) in [6, 6.07) is 9.65. The lowest BCUT2D eigenvalue weighted by molar-refractivity contribution is 0.242. The molecule has 0 radical (unpaired) electrons. The number of hydrogen-bond acceptors (Lipinski definition) is 7. The van der Waals surface area contributed by atoms with Gasteiger partial charge >= 0.3 is 0 Å². The largest absolute Gasteiger partial charge is 0.491 e. The van der Waals surface area contributed by atoms with Crippen LogP contribution in [0.15, 0.2) is 49.2 Å². The lowest BCUT2D eigenvalue weighted by atomic mass is 10.0. The van der Waals surface area contributed by atoms with Crippen LogP contribution >= 0.6 is 0 Å². The van der Waals surface area contributed by atoms with Crippen molar-refractivity contribution in [3.05, 3.63) is 60.3 Å². The van der Waals surface area contributed by atoms with Crippen LogP contribution in [0.3, 0.4) is 0 Å². The smallest absolute Gasteiger partial charge is 0.137 e. The number of aromatic nitrogens is 4. The van der Waals surface area contributed by atoms with Crippen molar-refractivity contribution < 1.29 is 4.74 Å². The second-order valence-corrected chi connectivity index (χ2v) is 7.79. The van der Waals surface area contributed by atoms with Crippen LogP contribution in [0.5, 0.6) is 5.75 Å². The Morgan fingerprint density at radius 2 is 2.00 bits per heavy atom. The molecule has 8 heteroatoms. The quantitative estimate of drug-likeness (QED) is 0.481. The molecule has 0 unspecified atom stereocenters. The van der Waals surface area contributed by atoms with Crippen molar-refractivity contribution in [1.82, 2.24) is 19.7 Å². The van der Waals surface area contributed by atoms with Crippen molar-refractivity contribution in [3.8, 4) is 5.75 Å². The summed E-state index contributed by atoms with van der Waals surface area (Å²) in [6.07, 6.45) is 7.14. The molecule has 0 bridgehead atoms. The highest BCUT2D eigenvalue weighted by Gasteiger charge is 2.22. The number of hydrogen-bond donors (Lipinski definition) is 2. The lowest BCUT2D eigenvalue weighted by Crippen LogP contribution is -2.35. The molecule has 8 nitrogen and oxygen atoms in total. The summed E-state index contributed by atoms with van der Waals surface area (Å²) in [7, 11) is 0. The molecule has 4 rings (SSSR count). The van der Waals surface area contributed by atoms with Crippen LogP contribution in [0, 0.1) is 5.41 Å². The van der Waals surface area contributed by atoms with E-state index in [2.05, 4.69) is 20.0 Å². The highest BCUT2D eigenvalue weighted by atomic mass is 16.5. The van der Waals surface area contributed by atoms with Gasteiger partial charge in [0, 0.05) is 36.1 Å². The van der Waals surface area contributed by atoms with Crippen molar-refractivity contribution in [2.75, 3.05) is 23.7 Å².